The SMILES string of the molecule is C=C(C)C(=O)Oc1cc(I)c(OC(C)=O)cc1OC. The monoisotopic (exact) mass is 376 g/mol. The van der Waals surface area contributed by atoms with Crippen LogP contribution in [0.3, 0.4) is 0 Å². The predicted octanol–water partition coefficient (Wildman–Crippen LogP) is 2.71. The zero-order valence-corrected chi connectivity index (χ0v) is 12.9. The number of hydrogen-bond donors (Lipinski definition) is 0. The molecule has 0 saturated heterocycles. The van der Waals surface area contributed by atoms with Crippen molar-refractivity contribution < 1.29 is 23.8 Å². The smallest absolute Gasteiger partial charge is 0.338 e. The maximum atomic E-state index is 11.5. The van der Waals surface area contributed by atoms with E-state index in [1.165, 1.54) is 20.1 Å². The van der Waals surface area contributed by atoms with Crippen molar-refractivity contribution in [3.8, 4) is 17.2 Å². The highest BCUT2D eigenvalue weighted by Crippen LogP contribution is 2.36. The fourth-order valence-corrected chi connectivity index (χ4v) is 1.72. The summed E-state index contributed by atoms with van der Waals surface area (Å²) >= 11 is 1.97. The first kappa shape index (κ1) is 15.5. The molecular weight excluding hydrogens is 363 g/mol. The number of carbonyl (C=O) groups excluding carboxylic acids is 2. The van der Waals surface area contributed by atoms with Gasteiger partial charge in [0.25, 0.3) is 0 Å². The molecule has 0 amide bonds. The van der Waals surface area contributed by atoms with Crippen molar-refractivity contribution in [2.45, 2.75) is 13.8 Å². The van der Waals surface area contributed by atoms with Crippen LogP contribution >= 0.6 is 22.6 Å². The summed E-state index contributed by atoms with van der Waals surface area (Å²) < 4.78 is 15.9. The zero-order chi connectivity index (χ0) is 14.6. The van der Waals surface area contributed by atoms with Crippen LogP contribution in [0.2, 0.25) is 0 Å². The van der Waals surface area contributed by atoms with E-state index in [0.717, 1.165) is 0 Å². The Morgan fingerprint density at radius 1 is 1.11 bits per heavy atom. The van der Waals surface area contributed by atoms with Gasteiger partial charge in [0.15, 0.2) is 11.5 Å². The van der Waals surface area contributed by atoms with Gasteiger partial charge in [0.05, 0.1) is 10.7 Å². The van der Waals surface area contributed by atoms with Gasteiger partial charge in [0, 0.05) is 24.6 Å². The highest BCUT2D eigenvalue weighted by Gasteiger charge is 2.15. The highest BCUT2D eigenvalue weighted by molar-refractivity contribution is 14.1. The molecule has 0 unspecified atom stereocenters. The van der Waals surface area contributed by atoms with E-state index >= 15 is 0 Å². The van der Waals surface area contributed by atoms with Crippen LogP contribution in [0.4, 0.5) is 0 Å². The van der Waals surface area contributed by atoms with Gasteiger partial charge in [-0.3, -0.25) is 4.79 Å². The largest absolute Gasteiger partial charge is 0.493 e. The third kappa shape index (κ3) is 4.23. The number of rotatable bonds is 4. The topological polar surface area (TPSA) is 61.8 Å². The lowest BCUT2D eigenvalue weighted by molar-refractivity contribution is -0.132. The van der Waals surface area contributed by atoms with Gasteiger partial charge < -0.3 is 14.2 Å². The van der Waals surface area contributed by atoms with Gasteiger partial charge in [-0.25, -0.2) is 4.79 Å². The molecule has 0 fully saturated rings. The number of benzene rings is 1. The fourth-order valence-electron chi connectivity index (χ4n) is 1.18. The van der Waals surface area contributed by atoms with Crippen LogP contribution in [0, 0.1) is 3.57 Å². The molecule has 19 heavy (non-hydrogen) atoms. The average Bonchev–Trinajstić information content (AvgIpc) is 2.31. The highest BCUT2D eigenvalue weighted by atomic mass is 127. The fraction of sp³-hybridized carbons (Fsp3) is 0.231. The minimum Gasteiger partial charge on any atom is -0.493 e. The van der Waals surface area contributed by atoms with E-state index in [4.69, 9.17) is 14.2 Å². The average molecular weight is 376 g/mol. The van der Waals surface area contributed by atoms with Crippen molar-refractivity contribution in [2.75, 3.05) is 7.11 Å². The molecule has 0 aromatic heterocycles. The number of hydrogen-bond acceptors (Lipinski definition) is 5. The van der Waals surface area contributed by atoms with E-state index in [1.807, 2.05) is 22.6 Å². The van der Waals surface area contributed by atoms with Gasteiger partial charge in [-0.05, 0) is 29.5 Å². The summed E-state index contributed by atoms with van der Waals surface area (Å²) in [5.74, 6) is -0.0943. The summed E-state index contributed by atoms with van der Waals surface area (Å²) in [7, 11) is 1.43. The van der Waals surface area contributed by atoms with Crippen LogP contribution in [0.5, 0.6) is 17.2 Å². The van der Waals surface area contributed by atoms with Crippen LogP contribution in [0.25, 0.3) is 0 Å². The van der Waals surface area contributed by atoms with Gasteiger partial charge in [-0.2, -0.15) is 0 Å². The van der Waals surface area contributed by atoms with E-state index in [0.29, 0.717) is 15.1 Å². The lowest BCUT2D eigenvalue weighted by atomic mass is 10.3. The third-order valence-corrected chi connectivity index (χ3v) is 2.87. The number of carbonyl (C=O) groups is 2. The van der Waals surface area contributed by atoms with Crippen LogP contribution in [0.1, 0.15) is 13.8 Å². The van der Waals surface area contributed by atoms with Gasteiger partial charge in [0.1, 0.15) is 5.75 Å². The summed E-state index contributed by atoms with van der Waals surface area (Å²) in [6.07, 6.45) is 0. The minimum atomic E-state index is -0.547. The molecule has 0 aliphatic carbocycles. The lowest BCUT2D eigenvalue weighted by Crippen LogP contribution is -2.10. The summed E-state index contributed by atoms with van der Waals surface area (Å²) in [6.45, 7) is 6.35. The van der Waals surface area contributed by atoms with E-state index < -0.39 is 11.9 Å². The summed E-state index contributed by atoms with van der Waals surface area (Å²) in [4.78, 5) is 22.4. The molecule has 0 saturated carbocycles. The normalized spacial score (nSPS) is 9.68. The van der Waals surface area contributed by atoms with Crippen LogP contribution < -0.4 is 14.2 Å². The Kier molecular flexibility index (Phi) is 5.34. The predicted molar refractivity (Wildman–Crippen MR) is 77.5 cm³/mol. The summed E-state index contributed by atoms with van der Waals surface area (Å²) in [6, 6.07) is 3.04. The molecule has 0 N–H and O–H groups in total. The molecule has 5 nitrogen and oxygen atoms in total. The molecule has 0 aliphatic heterocycles. The summed E-state index contributed by atoms with van der Waals surface area (Å²) in [5, 5.41) is 0. The zero-order valence-electron chi connectivity index (χ0n) is 10.8. The van der Waals surface area contributed by atoms with E-state index in [2.05, 4.69) is 6.58 Å². The first-order valence-corrected chi connectivity index (χ1v) is 6.36. The van der Waals surface area contributed by atoms with Crippen molar-refractivity contribution in [2.24, 2.45) is 0 Å². The Balaban J connectivity index is 3.13. The number of esters is 2. The Morgan fingerprint density at radius 2 is 1.74 bits per heavy atom. The Labute approximate surface area is 124 Å². The van der Waals surface area contributed by atoms with Crippen molar-refractivity contribution in [3.05, 3.63) is 27.9 Å². The van der Waals surface area contributed by atoms with Crippen molar-refractivity contribution >= 4 is 34.5 Å². The standard InChI is InChI=1S/C13H13IO5/c1-7(2)13(16)19-12-5-9(14)10(18-8(3)15)6-11(12)17-4/h5-6H,1H2,2-4H3. The van der Waals surface area contributed by atoms with E-state index in [9.17, 15) is 9.59 Å². The van der Waals surface area contributed by atoms with E-state index in [-0.39, 0.29) is 11.3 Å². The van der Waals surface area contributed by atoms with Crippen LogP contribution in [0.15, 0.2) is 24.3 Å². The van der Waals surface area contributed by atoms with Gasteiger partial charge in [0.2, 0.25) is 0 Å². The second-order valence-corrected chi connectivity index (χ2v) is 4.86. The molecule has 0 bridgehead atoms. The number of methoxy groups -OCH3 is 1. The van der Waals surface area contributed by atoms with Crippen molar-refractivity contribution in [1.29, 1.82) is 0 Å². The Bertz CT molecular complexity index is 536. The van der Waals surface area contributed by atoms with Crippen LogP contribution in [-0.2, 0) is 9.59 Å². The van der Waals surface area contributed by atoms with Crippen LogP contribution in [-0.4, -0.2) is 19.0 Å². The molecule has 1 aromatic carbocycles. The number of ether oxygens (including phenoxy) is 3. The first-order valence-electron chi connectivity index (χ1n) is 5.28. The lowest BCUT2D eigenvalue weighted by Gasteiger charge is -2.12. The molecular formula is C13H13IO5. The maximum absolute atomic E-state index is 11.5. The minimum absolute atomic E-state index is 0.246. The molecule has 102 valence electrons. The molecule has 6 heteroatoms. The van der Waals surface area contributed by atoms with Crippen molar-refractivity contribution in [3.63, 3.8) is 0 Å². The number of halogens is 1. The Morgan fingerprint density at radius 3 is 2.21 bits per heavy atom. The first-order chi connectivity index (χ1) is 8.85. The molecule has 0 radical (unpaired) electrons. The van der Waals surface area contributed by atoms with Gasteiger partial charge >= 0.3 is 11.9 Å². The molecule has 1 aromatic rings. The molecule has 0 aliphatic rings. The third-order valence-electron chi connectivity index (χ3n) is 2.02. The quantitative estimate of drug-likeness (QED) is 0.350. The second kappa shape index (κ2) is 6.55. The molecule has 0 atom stereocenters. The maximum Gasteiger partial charge on any atom is 0.338 e. The Hall–Kier alpha value is -1.57. The molecule has 0 spiro atoms. The van der Waals surface area contributed by atoms with E-state index in [1.54, 1.807) is 13.0 Å². The molecule has 0 heterocycles. The van der Waals surface area contributed by atoms with Crippen molar-refractivity contribution in [1.82, 2.24) is 0 Å². The molecule has 1 rings (SSSR count). The van der Waals surface area contributed by atoms with Gasteiger partial charge in [-0.1, -0.05) is 6.58 Å². The van der Waals surface area contributed by atoms with Gasteiger partial charge in [-0.15, -0.1) is 0 Å². The second-order valence-electron chi connectivity index (χ2n) is 3.70. The summed E-state index contributed by atoms with van der Waals surface area (Å²) in [5.41, 5.74) is 0.279.